The predicted molar refractivity (Wildman–Crippen MR) is 87.5 cm³/mol. The molecule has 0 aliphatic heterocycles. The fourth-order valence-electron chi connectivity index (χ4n) is 2.26. The molecule has 132 valence electrons. The molecule has 0 amide bonds. The third-order valence-electron chi connectivity index (χ3n) is 3.60. The summed E-state index contributed by atoms with van der Waals surface area (Å²) in [6.07, 6.45) is 0.575. The molecular formula is C14H15N5O5S. The van der Waals surface area contributed by atoms with Crippen LogP contribution in [0, 0.1) is 0 Å². The Morgan fingerprint density at radius 3 is 2.68 bits per heavy atom. The van der Waals surface area contributed by atoms with Gasteiger partial charge in [0, 0.05) is 13.5 Å². The number of rotatable bonds is 5. The number of H-pyrrole nitrogens is 2. The molecule has 0 fully saturated rings. The predicted octanol–water partition coefficient (Wildman–Crippen LogP) is -0.0175. The van der Waals surface area contributed by atoms with Crippen molar-refractivity contribution in [2.75, 3.05) is 7.05 Å². The van der Waals surface area contributed by atoms with E-state index >= 15 is 0 Å². The Kier molecular flexibility index (Phi) is 4.27. The van der Waals surface area contributed by atoms with Crippen molar-refractivity contribution in [1.82, 2.24) is 24.4 Å². The third-order valence-corrected chi connectivity index (χ3v) is 5.40. The van der Waals surface area contributed by atoms with Gasteiger partial charge < -0.3 is 9.51 Å². The first-order chi connectivity index (χ1) is 11.8. The summed E-state index contributed by atoms with van der Waals surface area (Å²) < 4.78 is 31.4. The van der Waals surface area contributed by atoms with Crippen LogP contribution in [0.25, 0.3) is 10.9 Å². The number of fused-ring (bicyclic) bond motifs is 1. The van der Waals surface area contributed by atoms with Crippen molar-refractivity contribution in [2.45, 2.75) is 24.8 Å². The summed E-state index contributed by atoms with van der Waals surface area (Å²) in [6.45, 7) is 1.75. The van der Waals surface area contributed by atoms with E-state index in [4.69, 9.17) is 4.52 Å². The van der Waals surface area contributed by atoms with E-state index in [2.05, 4.69) is 20.1 Å². The molecule has 0 radical (unpaired) electrons. The Hall–Kier alpha value is -2.79. The highest BCUT2D eigenvalue weighted by Crippen LogP contribution is 2.19. The largest absolute Gasteiger partial charge is 0.338 e. The fraction of sp³-hybridized carbons (Fsp3) is 0.286. The summed E-state index contributed by atoms with van der Waals surface area (Å²) in [5.74, 6) is 0.660. The van der Waals surface area contributed by atoms with Crippen LogP contribution in [0.3, 0.4) is 0 Å². The molecule has 2 N–H and O–H groups in total. The van der Waals surface area contributed by atoms with Crippen LogP contribution >= 0.6 is 0 Å². The maximum absolute atomic E-state index is 12.7. The number of sulfonamides is 1. The first-order valence-electron chi connectivity index (χ1n) is 7.35. The first kappa shape index (κ1) is 17.0. The Morgan fingerprint density at radius 2 is 2.00 bits per heavy atom. The zero-order chi connectivity index (χ0) is 18.2. The van der Waals surface area contributed by atoms with E-state index in [-0.39, 0.29) is 28.2 Å². The highest BCUT2D eigenvalue weighted by molar-refractivity contribution is 7.89. The number of hydrogen-bond donors (Lipinski definition) is 2. The van der Waals surface area contributed by atoms with Crippen LogP contribution in [0.2, 0.25) is 0 Å². The van der Waals surface area contributed by atoms with E-state index < -0.39 is 21.3 Å². The van der Waals surface area contributed by atoms with Gasteiger partial charge in [-0.15, -0.1) is 0 Å². The topological polar surface area (TPSA) is 142 Å². The zero-order valence-electron chi connectivity index (χ0n) is 13.4. The van der Waals surface area contributed by atoms with Crippen LogP contribution in [0.4, 0.5) is 0 Å². The van der Waals surface area contributed by atoms with Gasteiger partial charge in [0.05, 0.1) is 22.3 Å². The van der Waals surface area contributed by atoms with Crippen molar-refractivity contribution in [1.29, 1.82) is 0 Å². The molecule has 0 saturated heterocycles. The molecule has 0 aliphatic rings. The number of benzene rings is 1. The lowest BCUT2D eigenvalue weighted by atomic mass is 10.2. The normalized spacial score (nSPS) is 12.1. The van der Waals surface area contributed by atoms with Crippen LogP contribution in [0.1, 0.15) is 18.6 Å². The van der Waals surface area contributed by atoms with Crippen LogP contribution < -0.4 is 11.2 Å². The summed E-state index contributed by atoms with van der Waals surface area (Å²) >= 11 is 0. The average molecular weight is 365 g/mol. The van der Waals surface area contributed by atoms with Crippen molar-refractivity contribution >= 4 is 20.9 Å². The molecule has 10 nitrogen and oxygen atoms in total. The molecule has 1 aromatic carbocycles. The molecule has 0 aliphatic carbocycles. The lowest BCUT2D eigenvalue weighted by Gasteiger charge is -2.15. The minimum absolute atomic E-state index is 0.0696. The monoisotopic (exact) mass is 365 g/mol. The average Bonchev–Trinajstić information content (AvgIpc) is 3.02. The first-order valence-corrected chi connectivity index (χ1v) is 8.79. The molecular weight excluding hydrogens is 350 g/mol. The van der Waals surface area contributed by atoms with Crippen LogP contribution in [0.5, 0.6) is 0 Å². The molecule has 3 rings (SSSR count). The third kappa shape index (κ3) is 3.23. The van der Waals surface area contributed by atoms with E-state index in [9.17, 15) is 18.0 Å². The Labute approximate surface area is 141 Å². The minimum Gasteiger partial charge on any atom is -0.338 e. The number of nitrogens with zero attached hydrogens (tertiary/aromatic N) is 3. The molecule has 0 bridgehead atoms. The minimum atomic E-state index is -3.89. The van der Waals surface area contributed by atoms with Gasteiger partial charge in [-0.05, 0) is 18.2 Å². The van der Waals surface area contributed by atoms with Crippen LogP contribution in [-0.2, 0) is 23.0 Å². The maximum Gasteiger partial charge on any atom is 0.326 e. The number of aromatic nitrogens is 4. The summed E-state index contributed by atoms with van der Waals surface area (Å²) in [7, 11) is -2.52. The maximum atomic E-state index is 12.7. The number of hydrogen-bond acceptors (Lipinski definition) is 7. The summed E-state index contributed by atoms with van der Waals surface area (Å²) in [5.41, 5.74) is -1.07. The Morgan fingerprint density at radius 1 is 1.24 bits per heavy atom. The van der Waals surface area contributed by atoms with Crippen LogP contribution in [-0.4, -0.2) is 39.9 Å². The van der Waals surface area contributed by atoms with Gasteiger partial charge in [-0.25, -0.2) is 13.2 Å². The van der Waals surface area contributed by atoms with Crippen molar-refractivity contribution in [3.63, 3.8) is 0 Å². The lowest BCUT2D eigenvalue weighted by molar-refractivity contribution is 0.334. The smallest absolute Gasteiger partial charge is 0.326 e. The van der Waals surface area contributed by atoms with Gasteiger partial charge in [-0.1, -0.05) is 12.1 Å². The number of nitrogens with one attached hydrogen (secondary N) is 2. The molecule has 25 heavy (non-hydrogen) atoms. The molecule has 0 saturated carbocycles. The van der Waals surface area contributed by atoms with Gasteiger partial charge in [0.2, 0.25) is 15.9 Å². The molecule has 2 aromatic heterocycles. The second-order valence-corrected chi connectivity index (χ2v) is 7.38. The van der Waals surface area contributed by atoms with Gasteiger partial charge in [0.15, 0.2) is 5.82 Å². The number of aromatic amines is 2. The summed E-state index contributed by atoms with van der Waals surface area (Å²) in [6, 6.07) is 3.89. The lowest BCUT2D eigenvalue weighted by Crippen LogP contribution is -2.27. The zero-order valence-corrected chi connectivity index (χ0v) is 14.3. The molecule has 0 atom stereocenters. The van der Waals surface area contributed by atoms with Gasteiger partial charge in [0.25, 0.3) is 5.56 Å². The molecule has 11 heteroatoms. The number of aryl methyl sites for hydroxylation is 1. The molecule has 0 unspecified atom stereocenters. The van der Waals surface area contributed by atoms with Crippen LogP contribution in [0.15, 0.2) is 37.2 Å². The molecule has 3 aromatic rings. The van der Waals surface area contributed by atoms with Gasteiger partial charge >= 0.3 is 5.69 Å². The van der Waals surface area contributed by atoms with Gasteiger partial charge in [-0.3, -0.25) is 9.78 Å². The molecule has 0 spiro atoms. The van der Waals surface area contributed by atoms with E-state index in [0.717, 1.165) is 4.31 Å². The van der Waals surface area contributed by atoms with Crippen molar-refractivity contribution in [3.05, 3.63) is 50.8 Å². The van der Waals surface area contributed by atoms with Gasteiger partial charge in [-0.2, -0.15) is 9.29 Å². The van der Waals surface area contributed by atoms with Crippen molar-refractivity contribution < 1.29 is 12.9 Å². The standard InChI is InChI=1S/C14H15N5O5S/c1-3-11-16-12(24-18-11)7-19(2)25(22,23)8-4-5-10-9(6-8)13(20)17-14(21)15-10/h4-6H,3,7H2,1-2H3,(H2,15,17,20,21). The van der Waals surface area contributed by atoms with Crippen molar-refractivity contribution in [3.8, 4) is 0 Å². The highest BCUT2D eigenvalue weighted by Gasteiger charge is 2.23. The SMILES string of the molecule is CCc1noc(CN(C)S(=O)(=O)c2ccc3[nH]c(=O)[nH]c(=O)c3c2)n1. The quantitative estimate of drug-likeness (QED) is 0.647. The second-order valence-electron chi connectivity index (χ2n) is 5.33. The van der Waals surface area contributed by atoms with E-state index in [1.165, 1.54) is 25.2 Å². The van der Waals surface area contributed by atoms with Gasteiger partial charge in [0.1, 0.15) is 0 Å². The summed E-state index contributed by atoms with van der Waals surface area (Å²) in [5, 5.41) is 3.79. The fourth-order valence-corrected chi connectivity index (χ4v) is 3.41. The van der Waals surface area contributed by atoms with E-state index in [1.807, 2.05) is 6.92 Å². The van der Waals surface area contributed by atoms with Crippen molar-refractivity contribution in [2.24, 2.45) is 0 Å². The van der Waals surface area contributed by atoms with E-state index in [0.29, 0.717) is 12.2 Å². The second kappa shape index (κ2) is 6.26. The Bertz CT molecular complexity index is 1140. The van der Waals surface area contributed by atoms with E-state index in [1.54, 1.807) is 0 Å². The summed E-state index contributed by atoms with van der Waals surface area (Å²) in [4.78, 5) is 31.6. The Balaban J connectivity index is 1.97. The highest BCUT2D eigenvalue weighted by atomic mass is 32.2. The molecule has 2 heterocycles.